The molecule has 0 aliphatic rings. The predicted molar refractivity (Wildman–Crippen MR) is 65.0 cm³/mol. The summed E-state index contributed by atoms with van der Waals surface area (Å²) in [6.45, 7) is 1.87. The van der Waals surface area contributed by atoms with Gasteiger partial charge in [0.2, 0.25) is 0 Å². The van der Waals surface area contributed by atoms with Crippen molar-refractivity contribution >= 4 is 11.6 Å². The Morgan fingerprint density at radius 1 is 0.938 bits per heavy atom. The van der Waals surface area contributed by atoms with Crippen LogP contribution < -0.4 is 0 Å². The summed E-state index contributed by atoms with van der Waals surface area (Å²) in [6, 6.07) is 14.2. The number of halogens is 2. The molecule has 2 aromatic rings. The Balaban J connectivity index is 2.44. The highest BCUT2D eigenvalue weighted by Crippen LogP contribution is 2.29. The van der Waals surface area contributed by atoms with Gasteiger partial charge in [0.15, 0.2) is 0 Å². The van der Waals surface area contributed by atoms with Gasteiger partial charge in [0.05, 0.1) is 0 Å². The summed E-state index contributed by atoms with van der Waals surface area (Å²) < 4.78 is 13.6. The maximum atomic E-state index is 13.6. The van der Waals surface area contributed by atoms with Crippen LogP contribution in [0.25, 0.3) is 0 Å². The van der Waals surface area contributed by atoms with Gasteiger partial charge in [-0.05, 0) is 23.3 Å². The Hall–Kier alpha value is -1.34. The van der Waals surface area contributed by atoms with Crippen LogP contribution in [0.1, 0.15) is 18.1 Å². The summed E-state index contributed by atoms with van der Waals surface area (Å²) in [4.78, 5) is 0. The topological polar surface area (TPSA) is 0 Å². The smallest absolute Gasteiger partial charge is 0.127 e. The molecule has 16 heavy (non-hydrogen) atoms. The van der Waals surface area contributed by atoms with Crippen molar-refractivity contribution in [2.45, 2.75) is 6.92 Å². The average molecular weight is 234 g/mol. The van der Waals surface area contributed by atoms with E-state index in [0.717, 1.165) is 11.5 Å². The Bertz CT molecular complexity index is 448. The van der Waals surface area contributed by atoms with Crippen molar-refractivity contribution in [3.8, 4) is 0 Å². The molecule has 1 radical (unpaired) electrons. The van der Waals surface area contributed by atoms with Gasteiger partial charge >= 0.3 is 0 Å². The maximum absolute atomic E-state index is 13.6. The van der Waals surface area contributed by atoms with E-state index in [4.69, 9.17) is 11.6 Å². The van der Waals surface area contributed by atoms with Crippen LogP contribution in [0.2, 0.25) is 5.02 Å². The molecule has 0 spiro atoms. The van der Waals surface area contributed by atoms with Gasteiger partial charge in [-0.15, -0.1) is 0 Å². The molecule has 2 heteroatoms. The lowest BCUT2D eigenvalue weighted by molar-refractivity contribution is 0.617. The fraction of sp³-hybridized carbons (Fsp3) is 0.0714. The van der Waals surface area contributed by atoms with E-state index in [1.165, 1.54) is 6.07 Å². The predicted octanol–water partition coefficient (Wildman–Crippen LogP) is 4.47. The van der Waals surface area contributed by atoms with Gasteiger partial charge in [-0.25, -0.2) is 4.39 Å². The standard InChI is InChI=1S/C14H11ClF/c1-10(11-6-2-4-8-13(11)15)12-7-3-5-9-14(12)16/h2-9H,1H3. The zero-order valence-corrected chi connectivity index (χ0v) is 9.63. The second-order valence-corrected chi connectivity index (χ2v) is 3.99. The molecular weight excluding hydrogens is 223 g/mol. The fourth-order valence-electron chi connectivity index (χ4n) is 1.68. The van der Waals surface area contributed by atoms with E-state index in [2.05, 4.69) is 0 Å². The molecule has 0 nitrogen and oxygen atoms in total. The molecule has 0 atom stereocenters. The van der Waals surface area contributed by atoms with E-state index in [-0.39, 0.29) is 5.82 Å². The lowest BCUT2D eigenvalue weighted by Crippen LogP contribution is -2.00. The molecular formula is C14H11ClF. The van der Waals surface area contributed by atoms with Crippen molar-refractivity contribution in [2.24, 2.45) is 0 Å². The minimum Gasteiger partial charge on any atom is -0.207 e. The zero-order chi connectivity index (χ0) is 11.5. The molecule has 0 aromatic heterocycles. The zero-order valence-electron chi connectivity index (χ0n) is 8.87. The van der Waals surface area contributed by atoms with Crippen LogP contribution in [0.4, 0.5) is 4.39 Å². The Labute approximate surface area is 99.7 Å². The van der Waals surface area contributed by atoms with E-state index >= 15 is 0 Å². The van der Waals surface area contributed by atoms with Crippen molar-refractivity contribution in [1.29, 1.82) is 0 Å². The van der Waals surface area contributed by atoms with Crippen LogP contribution >= 0.6 is 11.6 Å². The SMILES string of the molecule is C[C](c1ccccc1F)c1ccccc1Cl. The summed E-state index contributed by atoms with van der Waals surface area (Å²) in [5.74, 6) is 0.628. The summed E-state index contributed by atoms with van der Waals surface area (Å²) in [6.07, 6.45) is 0. The molecule has 0 saturated heterocycles. The lowest BCUT2D eigenvalue weighted by atomic mass is 9.93. The van der Waals surface area contributed by atoms with Gasteiger partial charge in [-0.2, -0.15) is 0 Å². The molecule has 0 aliphatic carbocycles. The molecule has 0 saturated carbocycles. The van der Waals surface area contributed by atoms with Crippen molar-refractivity contribution in [3.05, 3.63) is 76.4 Å². The minimum absolute atomic E-state index is 0.222. The highest BCUT2D eigenvalue weighted by atomic mass is 35.5. The van der Waals surface area contributed by atoms with E-state index < -0.39 is 0 Å². The molecule has 2 aromatic carbocycles. The monoisotopic (exact) mass is 233 g/mol. The average Bonchev–Trinajstić information content (AvgIpc) is 2.29. The van der Waals surface area contributed by atoms with E-state index in [1.807, 2.05) is 31.2 Å². The van der Waals surface area contributed by atoms with Crippen molar-refractivity contribution in [2.75, 3.05) is 0 Å². The number of rotatable bonds is 2. The van der Waals surface area contributed by atoms with Gasteiger partial charge in [-0.3, -0.25) is 0 Å². The normalized spacial score (nSPS) is 10.8. The molecule has 0 bridgehead atoms. The lowest BCUT2D eigenvalue weighted by Gasteiger charge is -2.13. The van der Waals surface area contributed by atoms with E-state index in [1.54, 1.807) is 18.2 Å². The van der Waals surface area contributed by atoms with E-state index in [0.29, 0.717) is 10.6 Å². The van der Waals surface area contributed by atoms with Gasteiger partial charge in [0, 0.05) is 10.9 Å². The van der Waals surface area contributed by atoms with Crippen LogP contribution in [0.3, 0.4) is 0 Å². The molecule has 0 amide bonds. The van der Waals surface area contributed by atoms with Crippen LogP contribution in [0.15, 0.2) is 48.5 Å². The summed E-state index contributed by atoms with van der Waals surface area (Å²) in [7, 11) is 0. The highest BCUT2D eigenvalue weighted by Gasteiger charge is 2.15. The minimum atomic E-state index is -0.222. The van der Waals surface area contributed by atoms with E-state index in [9.17, 15) is 4.39 Å². The first-order valence-corrected chi connectivity index (χ1v) is 5.41. The van der Waals surface area contributed by atoms with Gasteiger partial charge in [0.25, 0.3) is 0 Å². The summed E-state index contributed by atoms with van der Waals surface area (Å²) in [5, 5.41) is 0.642. The number of hydrogen-bond acceptors (Lipinski definition) is 0. The molecule has 0 heterocycles. The van der Waals surface area contributed by atoms with Crippen molar-refractivity contribution in [1.82, 2.24) is 0 Å². The largest absolute Gasteiger partial charge is 0.207 e. The van der Waals surface area contributed by atoms with Crippen LogP contribution in [-0.4, -0.2) is 0 Å². The van der Waals surface area contributed by atoms with Crippen LogP contribution in [-0.2, 0) is 0 Å². The van der Waals surface area contributed by atoms with Gasteiger partial charge < -0.3 is 0 Å². The third-order valence-electron chi connectivity index (χ3n) is 2.56. The van der Waals surface area contributed by atoms with Crippen molar-refractivity contribution in [3.63, 3.8) is 0 Å². The second kappa shape index (κ2) is 4.67. The number of hydrogen-bond donors (Lipinski definition) is 0. The second-order valence-electron chi connectivity index (χ2n) is 3.58. The fourth-order valence-corrected chi connectivity index (χ4v) is 1.95. The number of benzene rings is 2. The van der Waals surface area contributed by atoms with Gasteiger partial charge in [-0.1, -0.05) is 54.9 Å². The maximum Gasteiger partial charge on any atom is 0.127 e. The van der Waals surface area contributed by atoms with Gasteiger partial charge in [0.1, 0.15) is 5.82 Å². The Morgan fingerprint density at radius 2 is 1.50 bits per heavy atom. The van der Waals surface area contributed by atoms with Crippen LogP contribution in [0, 0.1) is 11.7 Å². The summed E-state index contributed by atoms with van der Waals surface area (Å²) >= 11 is 6.08. The summed E-state index contributed by atoms with van der Waals surface area (Å²) in [5.41, 5.74) is 1.46. The third kappa shape index (κ3) is 2.10. The van der Waals surface area contributed by atoms with Crippen LogP contribution in [0.5, 0.6) is 0 Å². The quantitative estimate of drug-likeness (QED) is 0.718. The molecule has 0 aliphatic heterocycles. The Morgan fingerprint density at radius 3 is 2.12 bits per heavy atom. The molecule has 0 unspecified atom stereocenters. The third-order valence-corrected chi connectivity index (χ3v) is 2.89. The first-order chi connectivity index (χ1) is 7.70. The molecule has 81 valence electrons. The van der Waals surface area contributed by atoms with Crippen molar-refractivity contribution < 1.29 is 4.39 Å². The first kappa shape index (κ1) is 11.2. The molecule has 2 rings (SSSR count). The first-order valence-electron chi connectivity index (χ1n) is 5.03. The molecule has 0 fully saturated rings. The highest BCUT2D eigenvalue weighted by molar-refractivity contribution is 6.31. The molecule has 0 N–H and O–H groups in total. The Kier molecular flexibility index (Phi) is 3.25.